The van der Waals surface area contributed by atoms with Gasteiger partial charge in [0, 0.05) is 43.1 Å². The summed E-state index contributed by atoms with van der Waals surface area (Å²) in [5.41, 5.74) is 1.33. The Morgan fingerprint density at radius 1 is 1.44 bits per heavy atom. The summed E-state index contributed by atoms with van der Waals surface area (Å²) in [4.78, 5) is 5.59. The maximum absolute atomic E-state index is 4.32. The van der Waals surface area contributed by atoms with Crippen LogP contribution in [-0.4, -0.2) is 9.55 Å². The van der Waals surface area contributed by atoms with E-state index in [2.05, 4.69) is 47.2 Å². The minimum absolute atomic E-state index is 0.857. The van der Waals surface area contributed by atoms with E-state index >= 15 is 0 Å². The van der Waals surface area contributed by atoms with Gasteiger partial charge in [0.25, 0.3) is 0 Å². The van der Waals surface area contributed by atoms with Crippen LogP contribution in [0.4, 0.5) is 0 Å². The molecule has 0 bridgehead atoms. The van der Waals surface area contributed by atoms with Crippen LogP contribution in [0.1, 0.15) is 22.4 Å². The van der Waals surface area contributed by atoms with Crippen LogP contribution in [0, 0.1) is 6.92 Å². The van der Waals surface area contributed by atoms with Crippen LogP contribution in [0.2, 0.25) is 0 Å². The minimum Gasteiger partial charge on any atom is -0.354 e. The van der Waals surface area contributed by atoms with Crippen molar-refractivity contribution in [3.05, 3.63) is 40.1 Å². The second kappa shape index (κ2) is 5.27. The predicted molar refractivity (Wildman–Crippen MR) is 67.5 cm³/mol. The highest BCUT2D eigenvalue weighted by atomic mass is 32.1. The van der Waals surface area contributed by atoms with Crippen molar-refractivity contribution in [2.24, 2.45) is 0 Å². The molecule has 0 aliphatic heterocycles. The first kappa shape index (κ1) is 11.4. The van der Waals surface area contributed by atoms with Gasteiger partial charge in [-0.1, -0.05) is 0 Å². The number of hydrogen-bond acceptors (Lipinski definition) is 3. The van der Waals surface area contributed by atoms with E-state index in [0.29, 0.717) is 0 Å². The fourth-order valence-corrected chi connectivity index (χ4v) is 2.35. The van der Waals surface area contributed by atoms with Gasteiger partial charge in [0.2, 0.25) is 0 Å². The van der Waals surface area contributed by atoms with Crippen molar-refractivity contribution < 1.29 is 0 Å². The fraction of sp³-hybridized carbons (Fsp3) is 0.417. The van der Waals surface area contributed by atoms with Gasteiger partial charge in [-0.15, -0.1) is 11.3 Å². The molecule has 2 heterocycles. The van der Waals surface area contributed by atoms with E-state index in [1.165, 1.54) is 10.4 Å². The molecule has 2 rings (SSSR count). The highest BCUT2D eigenvalue weighted by molar-refractivity contribution is 7.11. The average Bonchev–Trinajstić information content (AvgIpc) is 2.88. The second-order valence-corrected chi connectivity index (χ2v) is 5.14. The van der Waals surface area contributed by atoms with Crippen LogP contribution in [0.3, 0.4) is 0 Å². The Balaban J connectivity index is 1.79. The summed E-state index contributed by atoms with van der Waals surface area (Å²) in [5.74, 6) is 0. The maximum Gasteiger partial charge on any atom is 0.107 e. The highest BCUT2D eigenvalue weighted by Crippen LogP contribution is 2.10. The van der Waals surface area contributed by atoms with Gasteiger partial charge >= 0.3 is 0 Å². The first-order valence-corrected chi connectivity index (χ1v) is 6.36. The summed E-state index contributed by atoms with van der Waals surface area (Å²) in [5, 5.41) is 4.56. The molecule has 3 nitrogen and oxygen atoms in total. The predicted octanol–water partition coefficient (Wildman–Crippen LogP) is 2.56. The lowest BCUT2D eigenvalue weighted by atomic mass is 10.3. The van der Waals surface area contributed by atoms with Crippen LogP contribution < -0.4 is 5.32 Å². The number of aryl methyl sites for hydroxylation is 2. The van der Waals surface area contributed by atoms with E-state index in [0.717, 1.165) is 24.6 Å². The van der Waals surface area contributed by atoms with Crippen molar-refractivity contribution in [2.45, 2.75) is 33.5 Å². The van der Waals surface area contributed by atoms with Crippen molar-refractivity contribution in [1.82, 2.24) is 14.9 Å². The first-order valence-electron chi connectivity index (χ1n) is 5.54. The Bertz CT molecular complexity index is 445. The maximum atomic E-state index is 4.32. The lowest BCUT2D eigenvalue weighted by molar-refractivity contribution is 0.685. The van der Waals surface area contributed by atoms with E-state index in [-0.39, 0.29) is 0 Å². The third kappa shape index (κ3) is 2.93. The molecule has 86 valence electrons. The molecule has 0 amide bonds. The summed E-state index contributed by atoms with van der Waals surface area (Å²) in [6.45, 7) is 7.03. The second-order valence-electron chi connectivity index (χ2n) is 3.82. The van der Waals surface area contributed by atoms with Crippen molar-refractivity contribution in [1.29, 1.82) is 0 Å². The Morgan fingerprint density at radius 2 is 2.31 bits per heavy atom. The molecule has 0 saturated heterocycles. The molecule has 16 heavy (non-hydrogen) atoms. The molecule has 2 aromatic heterocycles. The van der Waals surface area contributed by atoms with Crippen LogP contribution in [0.15, 0.2) is 24.7 Å². The van der Waals surface area contributed by atoms with Crippen molar-refractivity contribution in [3.8, 4) is 0 Å². The molecule has 1 N–H and O–H groups in total. The largest absolute Gasteiger partial charge is 0.354 e. The molecule has 0 radical (unpaired) electrons. The molecular formula is C12H17N3S. The molecule has 2 aromatic rings. The Kier molecular flexibility index (Phi) is 3.74. The number of nitrogens with zero attached hydrogens (tertiary/aromatic N) is 2. The van der Waals surface area contributed by atoms with Crippen LogP contribution in [-0.2, 0) is 19.6 Å². The summed E-state index contributed by atoms with van der Waals surface area (Å²) in [6.07, 6.45) is 6.22. The van der Waals surface area contributed by atoms with Gasteiger partial charge in [0.15, 0.2) is 0 Å². The Labute approximate surface area is 100 Å². The standard InChI is InChI=1S/C12H17N3S/c1-3-15-5-4-11(9-15)7-13-8-12-14-6-10(2)16-12/h4-6,9,13H,3,7-8H2,1-2H3. The molecule has 0 saturated carbocycles. The third-order valence-electron chi connectivity index (χ3n) is 2.45. The van der Waals surface area contributed by atoms with E-state index in [1.807, 2.05) is 6.20 Å². The zero-order valence-electron chi connectivity index (χ0n) is 9.73. The van der Waals surface area contributed by atoms with E-state index in [1.54, 1.807) is 11.3 Å². The SMILES string of the molecule is CCn1ccc(CNCc2ncc(C)s2)c1. The van der Waals surface area contributed by atoms with Crippen LogP contribution in [0.5, 0.6) is 0 Å². The number of rotatable bonds is 5. The van der Waals surface area contributed by atoms with Crippen LogP contribution >= 0.6 is 11.3 Å². The molecule has 4 heteroatoms. The highest BCUT2D eigenvalue weighted by Gasteiger charge is 1.99. The normalized spacial score (nSPS) is 10.9. The number of thiazole rings is 1. The molecular weight excluding hydrogens is 218 g/mol. The zero-order chi connectivity index (χ0) is 11.4. The first-order chi connectivity index (χ1) is 7.78. The molecule has 0 spiro atoms. The summed E-state index contributed by atoms with van der Waals surface area (Å²) >= 11 is 1.75. The van der Waals surface area contributed by atoms with Gasteiger partial charge in [-0.3, -0.25) is 0 Å². The average molecular weight is 235 g/mol. The van der Waals surface area contributed by atoms with Crippen LogP contribution in [0.25, 0.3) is 0 Å². The lowest BCUT2D eigenvalue weighted by Gasteiger charge is -2.00. The molecule has 0 aromatic carbocycles. The van der Waals surface area contributed by atoms with Crippen molar-refractivity contribution in [3.63, 3.8) is 0 Å². The Hall–Kier alpha value is -1.13. The third-order valence-corrected chi connectivity index (χ3v) is 3.36. The number of aromatic nitrogens is 2. The van der Waals surface area contributed by atoms with Gasteiger partial charge in [0.05, 0.1) is 0 Å². The molecule has 0 aliphatic rings. The van der Waals surface area contributed by atoms with Crippen molar-refractivity contribution >= 4 is 11.3 Å². The molecule has 0 fully saturated rings. The molecule has 0 aliphatic carbocycles. The van der Waals surface area contributed by atoms with Crippen molar-refractivity contribution in [2.75, 3.05) is 0 Å². The minimum atomic E-state index is 0.857. The van der Waals surface area contributed by atoms with E-state index in [9.17, 15) is 0 Å². The van der Waals surface area contributed by atoms with Gasteiger partial charge < -0.3 is 9.88 Å². The Morgan fingerprint density at radius 3 is 2.94 bits per heavy atom. The monoisotopic (exact) mass is 235 g/mol. The molecule has 0 atom stereocenters. The van der Waals surface area contributed by atoms with Gasteiger partial charge in [0.1, 0.15) is 5.01 Å². The fourth-order valence-electron chi connectivity index (χ4n) is 1.59. The van der Waals surface area contributed by atoms with Gasteiger partial charge in [-0.05, 0) is 25.5 Å². The van der Waals surface area contributed by atoms with E-state index < -0.39 is 0 Å². The number of nitrogens with one attached hydrogen (secondary N) is 1. The molecule has 0 unspecified atom stereocenters. The van der Waals surface area contributed by atoms with Gasteiger partial charge in [-0.25, -0.2) is 4.98 Å². The van der Waals surface area contributed by atoms with E-state index in [4.69, 9.17) is 0 Å². The van der Waals surface area contributed by atoms with Gasteiger partial charge in [-0.2, -0.15) is 0 Å². The lowest BCUT2D eigenvalue weighted by Crippen LogP contribution is -2.11. The topological polar surface area (TPSA) is 29.9 Å². The summed E-state index contributed by atoms with van der Waals surface area (Å²) in [6, 6.07) is 2.16. The summed E-state index contributed by atoms with van der Waals surface area (Å²) in [7, 11) is 0. The smallest absolute Gasteiger partial charge is 0.107 e. The summed E-state index contributed by atoms with van der Waals surface area (Å²) < 4.78 is 2.19. The number of hydrogen-bond donors (Lipinski definition) is 1. The zero-order valence-corrected chi connectivity index (χ0v) is 10.5. The quantitative estimate of drug-likeness (QED) is 0.863.